The predicted octanol–water partition coefficient (Wildman–Crippen LogP) is 3.66. The third-order valence-electron chi connectivity index (χ3n) is 5.34. The van der Waals surface area contributed by atoms with Gasteiger partial charge in [0.2, 0.25) is 0 Å². The van der Waals surface area contributed by atoms with E-state index < -0.39 is 0 Å². The van der Waals surface area contributed by atoms with Gasteiger partial charge in [-0.2, -0.15) is 0 Å². The number of fused-ring (bicyclic) bond motifs is 2. The number of hydrogen-bond donors (Lipinski definition) is 3. The van der Waals surface area contributed by atoms with Gasteiger partial charge in [0, 0.05) is 30.4 Å². The highest BCUT2D eigenvalue weighted by Crippen LogP contribution is 2.25. The maximum absolute atomic E-state index is 9.78. The van der Waals surface area contributed by atoms with E-state index in [2.05, 4.69) is 20.3 Å². The van der Waals surface area contributed by atoms with E-state index in [1.165, 1.54) is 6.33 Å². The predicted molar refractivity (Wildman–Crippen MR) is 125 cm³/mol. The zero-order valence-electron chi connectivity index (χ0n) is 17.5. The third kappa shape index (κ3) is 3.67. The largest absolute Gasteiger partial charge is 0.489 e. The molecule has 0 unspecified atom stereocenters. The minimum absolute atomic E-state index is 0.0795. The van der Waals surface area contributed by atoms with E-state index in [9.17, 15) is 5.11 Å². The lowest BCUT2D eigenvalue weighted by Gasteiger charge is -2.12. The molecule has 4 N–H and O–H groups in total. The maximum atomic E-state index is 9.78. The van der Waals surface area contributed by atoms with Crippen LogP contribution in [0.3, 0.4) is 0 Å². The summed E-state index contributed by atoms with van der Waals surface area (Å²) in [5.74, 6) is 1.96. The molecule has 8 nitrogen and oxygen atoms in total. The summed E-state index contributed by atoms with van der Waals surface area (Å²) in [5.41, 5.74) is 10.1. The molecule has 5 aromatic rings. The van der Waals surface area contributed by atoms with Crippen LogP contribution in [0.1, 0.15) is 11.1 Å². The Kier molecular flexibility index (Phi) is 5.04. The number of benzene rings is 2. The van der Waals surface area contributed by atoms with Crippen molar-refractivity contribution >= 4 is 33.6 Å². The molecular formula is C24H22N6O2. The number of nitrogens with zero attached hydrogens (tertiary/aromatic N) is 4. The number of rotatable bonds is 6. The van der Waals surface area contributed by atoms with Gasteiger partial charge in [0.1, 0.15) is 36.0 Å². The number of ether oxygens (including phenoxy) is 1. The van der Waals surface area contributed by atoms with Crippen molar-refractivity contribution in [2.75, 3.05) is 18.1 Å². The molecule has 2 aromatic carbocycles. The quantitative estimate of drug-likeness (QED) is 0.380. The molecule has 8 heteroatoms. The number of aliphatic hydroxyl groups excluding tert-OH is 1. The summed E-state index contributed by atoms with van der Waals surface area (Å²) in [5, 5.41) is 14.7. The molecular weight excluding hydrogens is 404 g/mol. The first-order valence-electron chi connectivity index (χ1n) is 10.2. The summed E-state index contributed by atoms with van der Waals surface area (Å²) in [4.78, 5) is 13.0. The Morgan fingerprint density at radius 1 is 1.03 bits per heavy atom. The Hall–Kier alpha value is -4.17. The highest BCUT2D eigenvalue weighted by molar-refractivity contribution is 5.87. The molecule has 0 bridgehead atoms. The van der Waals surface area contributed by atoms with Crippen LogP contribution in [0.4, 0.5) is 11.6 Å². The minimum atomic E-state index is -0.0795. The van der Waals surface area contributed by atoms with Gasteiger partial charge in [0.25, 0.3) is 0 Å². The molecule has 0 saturated heterocycles. The van der Waals surface area contributed by atoms with Gasteiger partial charge in [-0.25, -0.2) is 15.0 Å². The Labute approximate surface area is 184 Å². The molecule has 0 aliphatic carbocycles. The number of aliphatic hydroxyl groups is 1. The molecule has 0 atom stereocenters. The van der Waals surface area contributed by atoms with Gasteiger partial charge in [-0.15, -0.1) is 0 Å². The molecule has 0 radical (unpaired) electrons. The molecule has 3 aromatic heterocycles. The fourth-order valence-electron chi connectivity index (χ4n) is 3.73. The Morgan fingerprint density at radius 2 is 1.88 bits per heavy atom. The van der Waals surface area contributed by atoms with Crippen LogP contribution in [0.15, 0.2) is 67.1 Å². The standard InChI is InChI=1S/C24H22N6O2/c1-26-22-5-3-17-2-4-19(11-21(17)29-22)32-13-16-8-15(12-31)9-18(10-16)30-7-6-20-23(25)27-14-28-24(20)30/h2-11,14,31H,12-13H2,1H3,(H,26,29)(H2,25,27,28). The third-order valence-corrected chi connectivity index (χ3v) is 5.34. The average Bonchev–Trinajstić information content (AvgIpc) is 3.27. The summed E-state index contributed by atoms with van der Waals surface area (Å²) in [7, 11) is 1.84. The van der Waals surface area contributed by atoms with E-state index >= 15 is 0 Å². The fourth-order valence-corrected chi connectivity index (χ4v) is 3.73. The monoisotopic (exact) mass is 426 g/mol. The van der Waals surface area contributed by atoms with Crippen molar-refractivity contribution in [3.63, 3.8) is 0 Å². The van der Waals surface area contributed by atoms with Gasteiger partial charge in [0.15, 0.2) is 0 Å². The van der Waals surface area contributed by atoms with Crippen molar-refractivity contribution in [3.05, 3.63) is 78.2 Å². The van der Waals surface area contributed by atoms with Crippen LogP contribution in [0.5, 0.6) is 5.75 Å². The number of nitrogen functional groups attached to an aromatic ring is 1. The lowest BCUT2D eigenvalue weighted by Crippen LogP contribution is -2.02. The van der Waals surface area contributed by atoms with Crippen LogP contribution in [0, 0.1) is 0 Å². The smallest absolute Gasteiger partial charge is 0.150 e. The van der Waals surface area contributed by atoms with Crippen molar-refractivity contribution in [1.29, 1.82) is 0 Å². The summed E-state index contributed by atoms with van der Waals surface area (Å²) in [6, 6.07) is 17.5. The number of pyridine rings is 1. The van der Waals surface area contributed by atoms with Crippen LogP contribution in [-0.2, 0) is 13.2 Å². The van der Waals surface area contributed by atoms with E-state index in [0.717, 1.165) is 44.7 Å². The zero-order valence-corrected chi connectivity index (χ0v) is 17.5. The number of nitrogens with two attached hydrogens (primary N) is 1. The fraction of sp³-hybridized carbons (Fsp3) is 0.125. The second-order valence-electron chi connectivity index (χ2n) is 7.44. The van der Waals surface area contributed by atoms with Gasteiger partial charge < -0.3 is 25.5 Å². The van der Waals surface area contributed by atoms with Crippen LogP contribution in [0.25, 0.3) is 27.6 Å². The second kappa shape index (κ2) is 8.16. The highest BCUT2D eigenvalue weighted by atomic mass is 16.5. The second-order valence-corrected chi connectivity index (χ2v) is 7.44. The number of hydrogen-bond acceptors (Lipinski definition) is 7. The van der Waals surface area contributed by atoms with Gasteiger partial charge in [0.05, 0.1) is 17.5 Å². The van der Waals surface area contributed by atoms with E-state index in [4.69, 9.17) is 10.5 Å². The zero-order chi connectivity index (χ0) is 22.1. The summed E-state index contributed by atoms with van der Waals surface area (Å²) < 4.78 is 7.98. The van der Waals surface area contributed by atoms with Crippen LogP contribution >= 0.6 is 0 Å². The van der Waals surface area contributed by atoms with Gasteiger partial charge >= 0.3 is 0 Å². The number of nitrogens with one attached hydrogen (secondary N) is 1. The maximum Gasteiger partial charge on any atom is 0.150 e. The van der Waals surface area contributed by atoms with Gasteiger partial charge in [-0.3, -0.25) is 0 Å². The first-order chi connectivity index (χ1) is 15.6. The summed E-state index contributed by atoms with van der Waals surface area (Å²) in [6.07, 6.45) is 3.34. The Bertz CT molecular complexity index is 1430. The van der Waals surface area contributed by atoms with E-state index in [-0.39, 0.29) is 6.61 Å². The van der Waals surface area contributed by atoms with Crippen LogP contribution in [-0.4, -0.2) is 31.7 Å². The summed E-state index contributed by atoms with van der Waals surface area (Å²) >= 11 is 0. The van der Waals surface area contributed by atoms with Crippen molar-refractivity contribution in [2.45, 2.75) is 13.2 Å². The van der Waals surface area contributed by atoms with E-state index in [0.29, 0.717) is 18.1 Å². The lowest BCUT2D eigenvalue weighted by atomic mass is 10.1. The molecule has 5 rings (SSSR count). The SMILES string of the molecule is CNc1ccc2ccc(OCc3cc(CO)cc(-n4ccc5c(N)ncnc54)c3)cc2n1. The van der Waals surface area contributed by atoms with Crippen molar-refractivity contribution in [1.82, 2.24) is 19.5 Å². The normalized spacial score (nSPS) is 11.2. The number of aromatic nitrogens is 4. The minimum Gasteiger partial charge on any atom is -0.489 e. The van der Waals surface area contributed by atoms with Crippen molar-refractivity contribution in [3.8, 4) is 11.4 Å². The molecule has 0 fully saturated rings. The first kappa shape index (κ1) is 19.8. The van der Waals surface area contributed by atoms with Crippen molar-refractivity contribution < 1.29 is 9.84 Å². The van der Waals surface area contributed by atoms with Gasteiger partial charge in [-0.1, -0.05) is 0 Å². The first-order valence-corrected chi connectivity index (χ1v) is 10.2. The molecule has 0 amide bonds. The molecule has 0 aliphatic heterocycles. The van der Waals surface area contributed by atoms with Gasteiger partial charge in [-0.05, 0) is 59.7 Å². The Morgan fingerprint density at radius 3 is 2.72 bits per heavy atom. The molecule has 0 aliphatic rings. The van der Waals surface area contributed by atoms with Crippen LogP contribution in [0.2, 0.25) is 0 Å². The summed E-state index contributed by atoms with van der Waals surface area (Å²) in [6.45, 7) is 0.262. The van der Waals surface area contributed by atoms with E-state index in [1.807, 2.05) is 72.4 Å². The molecule has 160 valence electrons. The van der Waals surface area contributed by atoms with Crippen molar-refractivity contribution in [2.24, 2.45) is 0 Å². The van der Waals surface area contributed by atoms with Crippen LogP contribution < -0.4 is 15.8 Å². The lowest BCUT2D eigenvalue weighted by molar-refractivity contribution is 0.280. The average molecular weight is 426 g/mol. The van der Waals surface area contributed by atoms with E-state index in [1.54, 1.807) is 0 Å². The molecule has 0 spiro atoms. The highest BCUT2D eigenvalue weighted by Gasteiger charge is 2.10. The molecule has 32 heavy (non-hydrogen) atoms. The molecule has 3 heterocycles. The molecule has 0 saturated carbocycles. The topological polar surface area (TPSA) is 111 Å². The number of anilines is 2. The Balaban J connectivity index is 1.45.